The average Bonchev–Trinajstić information content (AvgIpc) is 2.66. The molecule has 0 aromatic heterocycles. The minimum atomic E-state index is 0.133. The molecule has 1 heterocycles. The van der Waals surface area contributed by atoms with Gasteiger partial charge in [0, 0.05) is 13.1 Å². The molecule has 0 amide bonds. The standard InChI is InChI=1S/C23H32N2O3/c1-15-11-18(12-16(2)23(15)27-6)22-19-14-21(28-10-9-25(3)4)20(26-5)13-17(19)7-8-24-22/h11-14,22,24H,7-10H2,1-6H3. The number of fused-ring (bicyclic) bond motifs is 1. The number of rotatable bonds is 7. The molecule has 28 heavy (non-hydrogen) atoms. The number of ether oxygens (including phenoxy) is 3. The molecule has 1 aliphatic rings. The Balaban J connectivity index is 1.98. The van der Waals surface area contributed by atoms with Crippen LogP contribution >= 0.6 is 0 Å². The van der Waals surface area contributed by atoms with E-state index < -0.39 is 0 Å². The van der Waals surface area contributed by atoms with Gasteiger partial charge in [-0.2, -0.15) is 0 Å². The van der Waals surface area contributed by atoms with E-state index in [1.54, 1.807) is 14.2 Å². The van der Waals surface area contributed by atoms with Crippen LogP contribution in [0, 0.1) is 13.8 Å². The molecule has 2 aromatic carbocycles. The molecule has 0 saturated heterocycles. The summed E-state index contributed by atoms with van der Waals surface area (Å²) in [5.74, 6) is 2.57. The Morgan fingerprint density at radius 2 is 1.71 bits per heavy atom. The fourth-order valence-electron chi connectivity index (χ4n) is 3.94. The summed E-state index contributed by atoms with van der Waals surface area (Å²) >= 11 is 0. The van der Waals surface area contributed by atoms with E-state index in [1.165, 1.54) is 16.7 Å². The topological polar surface area (TPSA) is 43.0 Å². The SMILES string of the molecule is COc1cc2c(cc1OCCN(C)C)C(c1cc(C)c(OC)c(C)c1)NCC2. The van der Waals surface area contributed by atoms with Crippen molar-refractivity contribution in [3.05, 3.63) is 52.1 Å². The van der Waals surface area contributed by atoms with E-state index in [4.69, 9.17) is 14.2 Å². The van der Waals surface area contributed by atoms with Gasteiger partial charge in [-0.25, -0.2) is 0 Å². The number of likely N-dealkylation sites (N-methyl/N-ethyl adjacent to an activating group) is 1. The lowest BCUT2D eigenvalue weighted by Gasteiger charge is -2.29. The number of aryl methyl sites for hydroxylation is 2. The lowest BCUT2D eigenvalue weighted by atomic mass is 9.88. The molecule has 0 spiro atoms. The second-order valence-corrected chi connectivity index (χ2v) is 7.68. The Labute approximate surface area is 168 Å². The molecule has 0 fully saturated rings. The van der Waals surface area contributed by atoms with Crippen LogP contribution in [0.15, 0.2) is 24.3 Å². The predicted molar refractivity (Wildman–Crippen MR) is 113 cm³/mol. The highest BCUT2D eigenvalue weighted by Crippen LogP contribution is 2.39. The molecule has 5 nitrogen and oxygen atoms in total. The Bertz CT molecular complexity index is 810. The molecule has 0 aliphatic carbocycles. The van der Waals surface area contributed by atoms with Crippen LogP contribution in [-0.2, 0) is 6.42 Å². The van der Waals surface area contributed by atoms with Crippen molar-refractivity contribution in [1.82, 2.24) is 10.2 Å². The van der Waals surface area contributed by atoms with E-state index in [0.29, 0.717) is 6.61 Å². The van der Waals surface area contributed by atoms with E-state index in [-0.39, 0.29) is 6.04 Å². The van der Waals surface area contributed by atoms with Crippen molar-refractivity contribution in [3.63, 3.8) is 0 Å². The van der Waals surface area contributed by atoms with Crippen LogP contribution in [0.3, 0.4) is 0 Å². The minimum Gasteiger partial charge on any atom is -0.496 e. The zero-order valence-electron chi connectivity index (χ0n) is 17.9. The van der Waals surface area contributed by atoms with Gasteiger partial charge in [0.1, 0.15) is 12.4 Å². The Hall–Kier alpha value is -2.24. The van der Waals surface area contributed by atoms with Gasteiger partial charge in [-0.1, -0.05) is 12.1 Å². The fraction of sp³-hybridized carbons (Fsp3) is 0.478. The molecule has 1 unspecified atom stereocenters. The molecule has 3 rings (SSSR count). The summed E-state index contributed by atoms with van der Waals surface area (Å²) in [6.45, 7) is 6.62. The summed E-state index contributed by atoms with van der Waals surface area (Å²) in [5.41, 5.74) is 6.13. The van der Waals surface area contributed by atoms with Crippen LogP contribution in [0.1, 0.15) is 33.9 Å². The largest absolute Gasteiger partial charge is 0.496 e. The molecule has 0 saturated carbocycles. The first-order valence-corrected chi connectivity index (χ1v) is 9.81. The molecule has 0 radical (unpaired) electrons. The third-order valence-corrected chi connectivity index (χ3v) is 5.30. The van der Waals surface area contributed by atoms with Crippen molar-refractivity contribution in [2.24, 2.45) is 0 Å². The second kappa shape index (κ2) is 8.84. The molecular formula is C23H32N2O3. The number of benzene rings is 2. The van der Waals surface area contributed by atoms with E-state index in [1.807, 2.05) is 14.1 Å². The van der Waals surface area contributed by atoms with Crippen LogP contribution in [0.25, 0.3) is 0 Å². The number of methoxy groups -OCH3 is 2. The lowest BCUT2D eigenvalue weighted by molar-refractivity contribution is 0.250. The molecule has 5 heteroatoms. The van der Waals surface area contributed by atoms with Crippen molar-refractivity contribution in [1.29, 1.82) is 0 Å². The Morgan fingerprint density at radius 1 is 1.00 bits per heavy atom. The van der Waals surface area contributed by atoms with Crippen LogP contribution < -0.4 is 19.5 Å². The Kier molecular flexibility index (Phi) is 6.47. The first-order valence-electron chi connectivity index (χ1n) is 9.81. The maximum Gasteiger partial charge on any atom is 0.161 e. The van der Waals surface area contributed by atoms with Gasteiger partial charge in [-0.05, 0) is 74.3 Å². The number of nitrogens with zero attached hydrogens (tertiary/aromatic N) is 1. The molecular weight excluding hydrogens is 352 g/mol. The van der Waals surface area contributed by atoms with Crippen molar-refractivity contribution in [2.75, 3.05) is 48.0 Å². The highest BCUT2D eigenvalue weighted by Gasteiger charge is 2.25. The van der Waals surface area contributed by atoms with Crippen LogP contribution in [0.5, 0.6) is 17.2 Å². The molecule has 152 valence electrons. The van der Waals surface area contributed by atoms with E-state index >= 15 is 0 Å². The lowest BCUT2D eigenvalue weighted by Crippen LogP contribution is -2.31. The molecule has 1 N–H and O–H groups in total. The van der Waals surface area contributed by atoms with Crippen molar-refractivity contribution < 1.29 is 14.2 Å². The van der Waals surface area contributed by atoms with Gasteiger partial charge < -0.3 is 24.4 Å². The van der Waals surface area contributed by atoms with Crippen LogP contribution in [0.4, 0.5) is 0 Å². The van der Waals surface area contributed by atoms with Crippen molar-refractivity contribution in [3.8, 4) is 17.2 Å². The molecule has 1 aliphatic heterocycles. The average molecular weight is 385 g/mol. The number of hydrogen-bond acceptors (Lipinski definition) is 5. The molecule has 2 aromatic rings. The summed E-state index contributed by atoms with van der Waals surface area (Å²) in [6.07, 6.45) is 0.980. The minimum absolute atomic E-state index is 0.133. The zero-order chi connectivity index (χ0) is 20.3. The summed E-state index contributed by atoms with van der Waals surface area (Å²) < 4.78 is 17.2. The maximum absolute atomic E-state index is 6.06. The normalized spacial score (nSPS) is 16.0. The highest BCUT2D eigenvalue weighted by molar-refractivity contribution is 5.53. The maximum atomic E-state index is 6.06. The van der Waals surface area contributed by atoms with Crippen LogP contribution in [0.2, 0.25) is 0 Å². The second-order valence-electron chi connectivity index (χ2n) is 7.68. The summed E-state index contributed by atoms with van der Waals surface area (Å²) in [5, 5.41) is 3.68. The van der Waals surface area contributed by atoms with Gasteiger partial charge in [-0.15, -0.1) is 0 Å². The predicted octanol–water partition coefficient (Wildman–Crippen LogP) is 3.50. The Morgan fingerprint density at radius 3 is 2.32 bits per heavy atom. The van der Waals surface area contributed by atoms with Gasteiger partial charge in [0.05, 0.1) is 20.3 Å². The highest BCUT2D eigenvalue weighted by atomic mass is 16.5. The zero-order valence-corrected chi connectivity index (χ0v) is 17.9. The van der Waals surface area contributed by atoms with Gasteiger partial charge in [0.25, 0.3) is 0 Å². The first kappa shape index (κ1) is 20.5. The summed E-state index contributed by atoms with van der Waals surface area (Å²) in [6, 6.07) is 8.85. The third-order valence-electron chi connectivity index (χ3n) is 5.30. The number of hydrogen-bond donors (Lipinski definition) is 1. The van der Waals surface area contributed by atoms with Crippen molar-refractivity contribution >= 4 is 0 Å². The number of nitrogens with one attached hydrogen (secondary N) is 1. The van der Waals surface area contributed by atoms with Crippen LogP contribution in [-0.4, -0.2) is 52.9 Å². The van der Waals surface area contributed by atoms with Gasteiger partial charge >= 0.3 is 0 Å². The third kappa shape index (κ3) is 4.26. The summed E-state index contributed by atoms with van der Waals surface area (Å²) in [4.78, 5) is 2.11. The van der Waals surface area contributed by atoms with E-state index in [2.05, 4.69) is 48.3 Å². The quantitative estimate of drug-likeness (QED) is 0.792. The fourth-order valence-corrected chi connectivity index (χ4v) is 3.94. The van der Waals surface area contributed by atoms with E-state index in [9.17, 15) is 0 Å². The van der Waals surface area contributed by atoms with E-state index in [0.717, 1.165) is 47.9 Å². The van der Waals surface area contributed by atoms with Gasteiger partial charge in [0.15, 0.2) is 11.5 Å². The molecule has 1 atom stereocenters. The van der Waals surface area contributed by atoms with Gasteiger partial charge in [-0.3, -0.25) is 0 Å². The summed E-state index contributed by atoms with van der Waals surface area (Å²) in [7, 11) is 7.52. The monoisotopic (exact) mass is 384 g/mol. The first-order chi connectivity index (χ1) is 13.4. The smallest absolute Gasteiger partial charge is 0.161 e. The molecule has 0 bridgehead atoms. The van der Waals surface area contributed by atoms with Crippen molar-refractivity contribution in [2.45, 2.75) is 26.3 Å². The van der Waals surface area contributed by atoms with Gasteiger partial charge in [0.2, 0.25) is 0 Å².